The van der Waals surface area contributed by atoms with Crippen LogP contribution in [0.1, 0.15) is 16.6 Å². The molecule has 1 aromatic heterocycles. The summed E-state index contributed by atoms with van der Waals surface area (Å²) in [5, 5.41) is 16.4. The zero-order valence-electron chi connectivity index (χ0n) is 11.8. The quantitative estimate of drug-likeness (QED) is 0.557. The lowest BCUT2D eigenvalue weighted by atomic mass is 10.1. The molecule has 0 saturated carbocycles. The monoisotopic (exact) mass is 329 g/mol. The largest absolute Gasteiger partial charge is 0.370 e. The van der Waals surface area contributed by atoms with Gasteiger partial charge in [0.2, 0.25) is 0 Å². The number of hydrogen-bond donors (Lipinski definition) is 1. The van der Waals surface area contributed by atoms with Crippen LogP contribution in [0.5, 0.6) is 0 Å². The molecule has 0 bridgehead atoms. The van der Waals surface area contributed by atoms with Crippen LogP contribution in [-0.4, -0.2) is 9.91 Å². The summed E-state index contributed by atoms with van der Waals surface area (Å²) in [6.45, 7) is 0. The van der Waals surface area contributed by atoms with Crippen molar-refractivity contribution in [3.8, 4) is 0 Å². The average Bonchev–Trinajstić information content (AvgIpc) is 3.08. The molecule has 23 heavy (non-hydrogen) atoms. The Labute approximate surface area is 135 Å². The molecule has 5 nitrogen and oxygen atoms in total. The Morgan fingerprint density at radius 2 is 2.00 bits per heavy atom. The van der Waals surface area contributed by atoms with E-state index in [1.54, 1.807) is 6.20 Å². The second-order valence-corrected chi connectivity index (χ2v) is 5.71. The van der Waals surface area contributed by atoms with Crippen LogP contribution in [0.15, 0.2) is 60.1 Å². The highest BCUT2D eigenvalue weighted by Gasteiger charge is 2.19. The van der Waals surface area contributed by atoms with Gasteiger partial charge in [-0.1, -0.05) is 30.3 Å². The fourth-order valence-corrected chi connectivity index (χ4v) is 2.91. The maximum absolute atomic E-state index is 14.1. The molecule has 116 valence electrons. The molecular weight excluding hydrogens is 317 g/mol. The number of nitro benzene ring substituents is 1. The van der Waals surface area contributed by atoms with E-state index >= 15 is 0 Å². The van der Waals surface area contributed by atoms with E-state index in [9.17, 15) is 14.5 Å². The summed E-state index contributed by atoms with van der Waals surface area (Å²) in [6.07, 6.45) is 1.68. The third-order valence-corrected chi connectivity index (χ3v) is 4.14. The summed E-state index contributed by atoms with van der Waals surface area (Å²) in [5.41, 5.74) is 0.846. The minimum Gasteiger partial charge on any atom is -0.370 e. The second-order valence-electron chi connectivity index (χ2n) is 4.78. The van der Waals surface area contributed by atoms with Crippen molar-refractivity contribution in [1.82, 2.24) is 4.98 Å². The van der Waals surface area contributed by atoms with Crippen molar-refractivity contribution in [3.05, 3.63) is 86.6 Å². The Bertz CT molecular complexity index is 809. The van der Waals surface area contributed by atoms with E-state index in [-0.39, 0.29) is 17.4 Å². The van der Waals surface area contributed by atoms with Gasteiger partial charge >= 0.3 is 0 Å². The molecule has 1 N–H and O–H groups in total. The van der Waals surface area contributed by atoms with Crippen molar-refractivity contribution in [2.75, 3.05) is 5.32 Å². The fourth-order valence-electron chi connectivity index (χ4n) is 2.20. The molecule has 1 unspecified atom stereocenters. The van der Waals surface area contributed by atoms with E-state index in [2.05, 4.69) is 10.3 Å². The molecule has 1 heterocycles. The van der Waals surface area contributed by atoms with Gasteiger partial charge in [0.05, 0.1) is 16.7 Å². The Hall–Kier alpha value is -2.80. The highest BCUT2D eigenvalue weighted by atomic mass is 32.1. The fraction of sp³-hybridized carbons (Fsp3) is 0.0625. The van der Waals surface area contributed by atoms with Crippen LogP contribution >= 0.6 is 11.3 Å². The number of non-ortho nitro benzene ring substituents is 1. The summed E-state index contributed by atoms with van der Waals surface area (Å²) >= 11 is 1.45. The average molecular weight is 329 g/mol. The third kappa shape index (κ3) is 3.35. The van der Waals surface area contributed by atoms with E-state index in [1.807, 2.05) is 35.7 Å². The lowest BCUT2D eigenvalue weighted by Gasteiger charge is -2.18. The summed E-state index contributed by atoms with van der Waals surface area (Å²) in [4.78, 5) is 14.4. The number of thiazole rings is 1. The molecule has 0 fully saturated rings. The third-order valence-electron chi connectivity index (χ3n) is 3.29. The van der Waals surface area contributed by atoms with Crippen molar-refractivity contribution in [1.29, 1.82) is 0 Å². The maximum atomic E-state index is 14.1. The van der Waals surface area contributed by atoms with Gasteiger partial charge in [-0.15, -0.1) is 11.3 Å². The molecule has 7 heteroatoms. The lowest BCUT2D eigenvalue weighted by Crippen LogP contribution is -2.13. The van der Waals surface area contributed by atoms with Crippen LogP contribution in [0.25, 0.3) is 0 Å². The van der Waals surface area contributed by atoms with Gasteiger partial charge in [-0.3, -0.25) is 10.1 Å². The molecule has 3 rings (SSSR count). The van der Waals surface area contributed by atoms with Crippen LogP contribution < -0.4 is 5.32 Å². The van der Waals surface area contributed by atoms with Crippen LogP contribution in [0.4, 0.5) is 15.8 Å². The number of nitrogens with zero attached hydrogens (tertiary/aromatic N) is 2. The first kappa shape index (κ1) is 15.1. The molecule has 0 aliphatic rings. The minimum atomic E-state index is -0.670. The van der Waals surface area contributed by atoms with Gasteiger partial charge in [0, 0.05) is 17.6 Å². The lowest BCUT2D eigenvalue weighted by molar-refractivity contribution is -0.385. The number of hydrogen-bond acceptors (Lipinski definition) is 5. The van der Waals surface area contributed by atoms with Gasteiger partial charge in [0.1, 0.15) is 11.0 Å². The number of nitrogens with one attached hydrogen (secondary N) is 1. The highest BCUT2D eigenvalue weighted by molar-refractivity contribution is 7.09. The number of nitro groups is 1. The van der Waals surface area contributed by atoms with Gasteiger partial charge in [-0.05, 0) is 11.6 Å². The normalized spacial score (nSPS) is 11.9. The number of rotatable bonds is 5. The SMILES string of the molecule is O=[N+]([O-])c1ccc(NC(c2ccccc2)c2nccs2)c(F)c1. The van der Waals surface area contributed by atoms with Crippen molar-refractivity contribution >= 4 is 22.7 Å². The van der Waals surface area contributed by atoms with E-state index < -0.39 is 10.7 Å². The molecule has 0 aliphatic carbocycles. The number of benzene rings is 2. The van der Waals surface area contributed by atoms with Crippen LogP contribution in [0, 0.1) is 15.9 Å². The number of aromatic nitrogens is 1. The second kappa shape index (κ2) is 6.53. The predicted molar refractivity (Wildman–Crippen MR) is 87.1 cm³/mol. The summed E-state index contributed by atoms with van der Waals surface area (Å²) in [6, 6.07) is 12.7. The van der Waals surface area contributed by atoms with E-state index in [4.69, 9.17) is 0 Å². The van der Waals surface area contributed by atoms with Gasteiger partial charge < -0.3 is 5.32 Å². The molecular formula is C16H12FN3O2S. The Kier molecular flexibility index (Phi) is 4.29. The standard InChI is InChI=1S/C16H12FN3O2S/c17-13-10-12(20(21)22)6-7-14(13)19-15(16-18-8-9-23-16)11-4-2-1-3-5-11/h1-10,15,19H. The zero-order valence-corrected chi connectivity index (χ0v) is 12.7. The van der Waals surface area contributed by atoms with Crippen LogP contribution in [0.3, 0.4) is 0 Å². The zero-order chi connectivity index (χ0) is 16.2. The van der Waals surface area contributed by atoms with Gasteiger partial charge in [-0.2, -0.15) is 0 Å². The summed E-state index contributed by atoms with van der Waals surface area (Å²) in [7, 11) is 0. The molecule has 0 saturated heterocycles. The van der Waals surface area contributed by atoms with Gasteiger partial charge in [0.15, 0.2) is 5.82 Å². The minimum absolute atomic E-state index is 0.194. The van der Waals surface area contributed by atoms with Crippen molar-refractivity contribution in [3.63, 3.8) is 0 Å². The molecule has 2 aromatic carbocycles. The molecule has 3 aromatic rings. The number of halogens is 1. The number of anilines is 1. The Morgan fingerprint density at radius 3 is 2.61 bits per heavy atom. The first-order valence-electron chi connectivity index (χ1n) is 6.80. The molecule has 0 radical (unpaired) electrons. The van der Waals surface area contributed by atoms with Crippen molar-refractivity contribution < 1.29 is 9.31 Å². The van der Waals surface area contributed by atoms with Crippen LogP contribution in [0.2, 0.25) is 0 Å². The van der Waals surface area contributed by atoms with E-state index in [0.717, 1.165) is 16.6 Å². The predicted octanol–water partition coefficient (Wildman–Crippen LogP) is 4.39. The first-order valence-corrected chi connectivity index (χ1v) is 7.68. The summed E-state index contributed by atoms with van der Waals surface area (Å²) < 4.78 is 14.1. The first-order chi connectivity index (χ1) is 11.1. The van der Waals surface area contributed by atoms with Crippen molar-refractivity contribution in [2.24, 2.45) is 0 Å². The topological polar surface area (TPSA) is 68.1 Å². The Balaban J connectivity index is 1.95. The van der Waals surface area contributed by atoms with Gasteiger partial charge in [-0.25, -0.2) is 9.37 Å². The molecule has 1 atom stereocenters. The summed E-state index contributed by atoms with van der Waals surface area (Å²) in [5.74, 6) is -0.670. The highest BCUT2D eigenvalue weighted by Crippen LogP contribution is 2.30. The smallest absolute Gasteiger partial charge is 0.272 e. The van der Waals surface area contributed by atoms with E-state index in [0.29, 0.717) is 0 Å². The van der Waals surface area contributed by atoms with Crippen molar-refractivity contribution in [2.45, 2.75) is 6.04 Å². The van der Waals surface area contributed by atoms with Gasteiger partial charge in [0.25, 0.3) is 5.69 Å². The van der Waals surface area contributed by atoms with E-state index in [1.165, 1.54) is 23.5 Å². The maximum Gasteiger partial charge on any atom is 0.272 e. The van der Waals surface area contributed by atoms with Crippen LogP contribution in [-0.2, 0) is 0 Å². The Morgan fingerprint density at radius 1 is 1.22 bits per heavy atom. The molecule has 0 amide bonds. The molecule has 0 spiro atoms. The molecule has 0 aliphatic heterocycles.